The summed E-state index contributed by atoms with van der Waals surface area (Å²) < 4.78 is 1.70. The molecule has 0 saturated carbocycles. The molecule has 1 aromatic carbocycles. The zero-order valence-electron chi connectivity index (χ0n) is 13.5. The number of hydrogen-bond acceptors (Lipinski definition) is 3. The van der Waals surface area contributed by atoms with Crippen LogP contribution in [0.5, 0.6) is 0 Å². The van der Waals surface area contributed by atoms with Crippen molar-refractivity contribution in [1.29, 1.82) is 0 Å². The van der Waals surface area contributed by atoms with Crippen LogP contribution >= 0.6 is 0 Å². The molecule has 0 aliphatic carbocycles. The quantitative estimate of drug-likeness (QED) is 0.814. The molecule has 2 N–H and O–H groups in total. The third-order valence-corrected chi connectivity index (χ3v) is 3.37. The van der Waals surface area contributed by atoms with Gasteiger partial charge in [0.15, 0.2) is 0 Å². The van der Waals surface area contributed by atoms with Gasteiger partial charge in [-0.15, -0.1) is 0 Å². The van der Waals surface area contributed by atoms with Crippen LogP contribution in [0.4, 0.5) is 0 Å². The van der Waals surface area contributed by atoms with E-state index in [0.717, 1.165) is 12.0 Å². The first-order chi connectivity index (χ1) is 11.1. The topological polar surface area (TPSA) is 76.0 Å². The summed E-state index contributed by atoms with van der Waals surface area (Å²) in [7, 11) is 0. The van der Waals surface area contributed by atoms with E-state index in [9.17, 15) is 9.59 Å². The molecule has 6 nitrogen and oxygen atoms in total. The second kappa shape index (κ2) is 8.12. The highest BCUT2D eigenvalue weighted by Crippen LogP contribution is 2.04. The molecule has 2 aromatic rings. The fourth-order valence-electron chi connectivity index (χ4n) is 2.08. The smallest absolute Gasteiger partial charge is 0.255 e. The van der Waals surface area contributed by atoms with Crippen LogP contribution in [0.1, 0.15) is 36.2 Å². The van der Waals surface area contributed by atoms with Gasteiger partial charge in [0.25, 0.3) is 5.91 Å². The SMILES string of the molecule is CCCNC(=O)[C@H](C)NC(=O)c1cnn(Cc2ccccc2)c1. The summed E-state index contributed by atoms with van der Waals surface area (Å²) >= 11 is 0. The number of carbonyl (C=O) groups excluding carboxylic acids is 2. The summed E-state index contributed by atoms with van der Waals surface area (Å²) in [4.78, 5) is 23.9. The molecule has 1 atom stereocenters. The average Bonchev–Trinajstić information content (AvgIpc) is 3.02. The molecule has 0 aliphatic heterocycles. The summed E-state index contributed by atoms with van der Waals surface area (Å²) in [5, 5.41) is 9.62. The van der Waals surface area contributed by atoms with E-state index in [-0.39, 0.29) is 11.8 Å². The number of nitrogens with one attached hydrogen (secondary N) is 2. The summed E-state index contributed by atoms with van der Waals surface area (Å²) in [6.07, 6.45) is 4.05. The Labute approximate surface area is 135 Å². The molecule has 0 radical (unpaired) electrons. The molecule has 1 aromatic heterocycles. The van der Waals surface area contributed by atoms with Gasteiger partial charge < -0.3 is 10.6 Å². The molecule has 0 bridgehead atoms. The number of hydrogen-bond donors (Lipinski definition) is 2. The zero-order valence-corrected chi connectivity index (χ0v) is 13.5. The molecule has 0 saturated heterocycles. The van der Waals surface area contributed by atoms with E-state index in [1.165, 1.54) is 6.20 Å². The zero-order chi connectivity index (χ0) is 16.7. The first kappa shape index (κ1) is 16.7. The van der Waals surface area contributed by atoms with Crippen molar-refractivity contribution in [2.24, 2.45) is 0 Å². The normalized spacial score (nSPS) is 11.7. The van der Waals surface area contributed by atoms with Crippen LogP contribution in [-0.4, -0.2) is 34.2 Å². The van der Waals surface area contributed by atoms with E-state index in [1.807, 2.05) is 37.3 Å². The average molecular weight is 314 g/mol. The Hall–Kier alpha value is -2.63. The minimum Gasteiger partial charge on any atom is -0.354 e. The molecule has 2 amide bonds. The number of carbonyl (C=O) groups is 2. The van der Waals surface area contributed by atoms with Crippen LogP contribution in [0.3, 0.4) is 0 Å². The lowest BCUT2D eigenvalue weighted by atomic mass is 10.2. The lowest BCUT2D eigenvalue weighted by Gasteiger charge is -2.12. The summed E-state index contributed by atoms with van der Waals surface area (Å²) in [6, 6.07) is 9.30. The molecule has 23 heavy (non-hydrogen) atoms. The van der Waals surface area contributed by atoms with Gasteiger partial charge in [-0.25, -0.2) is 0 Å². The molecule has 2 rings (SSSR count). The van der Waals surface area contributed by atoms with Crippen LogP contribution in [0.25, 0.3) is 0 Å². The maximum atomic E-state index is 12.2. The highest BCUT2D eigenvalue weighted by Gasteiger charge is 2.17. The lowest BCUT2D eigenvalue weighted by molar-refractivity contribution is -0.122. The van der Waals surface area contributed by atoms with Gasteiger partial charge in [-0.3, -0.25) is 14.3 Å². The van der Waals surface area contributed by atoms with E-state index < -0.39 is 6.04 Å². The number of amides is 2. The number of rotatable bonds is 7. The van der Waals surface area contributed by atoms with Crippen LogP contribution in [0.2, 0.25) is 0 Å². The van der Waals surface area contributed by atoms with Crippen molar-refractivity contribution >= 4 is 11.8 Å². The van der Waals surface area contributed by atoms with Gasteiger partial charge in [-0.1, -0.05) is 37.3 Å². The third kappa shape index (κ3) is 4.95. The predicted octanol–water partition coefficient (Wildman–Crippen LogP) is 1.58. The summed E-state index contributed by atoms with van der Waals surface area (Å²) in [6.45, 7) is 4.84. The van der Waals surface area contributed by atoms with Gasteiger partial charge in [0.05, 0.1) is 18.3 Å². The van der Waals surface area contributed by atoms with E-state index in [1.54, 1.807) is 17.8 Å². The van der Waals surface area contributed by atoms with Crippen molar-refractivity contribution in [3.05, 3.63) is 53.9 Å². The molecule has 0 fully saturated rings. The molecule has 0 unspecified atom stereocenters. The van der Waals surface area contributed by atoms with Gasteiger partial charge in [0.1, 0.15) is 6.04 Å². The van der Waals surface area contributed by atoms with E-state index in [2.05, 4.69) is 15.7 Å². The largest absolute Gasteiger partial charge is 0.354 e. The van der Waals surface area contributed by atoms with Gasteiger partial charge in [0, 0.05) is 12.7 Å². The molecular weight excluding hydrogens is 292 g/mol. The number of benzene rings is 1. The van der Waals surface area contributed by atoms with E-state index in [4.69, 9.17) is 0 Å². The fourth-order valence-corrected chi connectivity index (χ4v) is 2.08. The Morgan fingerprint density at radius 3 is 2.70 bits per heavy atom. The second-order valence-corrected chi connectivity index (χ2v) is 5.40. The van der Waals surface area contributed by atoms with Gasteiger partial charge in [0.2, 0.25) is 5.91 Å². The summed E-state index contributed by atoms with van der Waals surface area (Å²) in [5.74, 6) is -0.486. The van der Waals surface area contributed by atoms with Crippen molar-refractivity contribution in [3.8, 4) is 0 Å². The number of nitrogens with zero attached hydrogens (tertiary/aromatic N) is 2. The van der Waals surface area contributed by atoms with Crippen LogP contribution < -0.4 is 10.6 Å². The molecule has 0 spiro atoms. The Kier molecular flexibility index (Phi) is 5.91. The Morgan fingerprint density at radius 1 is 1.26 bits per heavy atom. The summed E-state index contributed by atoms with van der Waals surface area (Å²) in [5.41, 5.74) is 1.55. The van der Waals surface area contributed by atoms with Crippen LogP contribution in [0.15, 0.2) is 42.7 Å². The van der Waals surface area contributed by atoms with E-state index in [0.29, 0.717) is 18.7 Å². The van der Waals surface area contributed by atoms with Crippen molar-refractivity contribution in [2.75, 3.05) is 6.54 Å². The van der Waals surface area contributed by atoms with Gasteiger partial charge >= 0.3 is 0 Å². The first-order valence-electron chi connectivity index (χ1n) is 7.75. The van der Waals surface area contributed by atoms with Crippen molar-refractivity contribution in [3.63, 3.8) is 0 Å². The van der Waals surface area contributed by atoms with Crippen molar-refractivity contribution in [2.45, 2.75) is 32.9 Å². The first-order valence-corrected chi connectivity index (χ1v) is 7.75. The minimum absolute atomic E-state index is 0.183. The Balaban J connectivity index is 1.92. The lowest BCUT2D eigenvalue weighted by Crippen LogP contribution is -2.44. The molecule has 6 heteroatoms. The highest BCUT2D eigenvalue weighted by atomic mass is 16.2. The Bertz CT molecular complexity index is 652. The molecule has 0 aliphatic rings. The van der Waals surface area contributed by atoms with E-state index >= 15 is 0 Å². The van der Waals surface area contributed by atoms with Gasteiger partial charge in [-0.05, 0) is 18.9 Å². The number of aromatic nitrogens is 2. The standard InChI is InChI=1S/C17H22N4O2/c1-3-9-18-16(22)13(2)20-17(23)15-10-19-21(12-15)11-14-7-5-4-6-8-14/h4-8,10,12-13H,3,9,11H2,1-2H3,(H,18,22)(H,20,23)/t13-/m0/s1. The molecule has 122 valence electrons. The van der Waals surface area contributed by atoms with Crippen LogP contribution in [-0.2, 0) is 11.3 Å². The molecular formula is C17H22N4O2. The maximum Gasteiger partial charge on any atom is 0.255 e. The predicted molar refractivity (Wildman–Crippen MR) is 88.0 cm³/mol. The fraction of sp³-hybridized carbons (Fsp3) is 0.353. The van der Waals surface area contributed by atoms with Gasteiger partial charge in [-0.2, -0.15) is 5.10 Å². The highest BCUT2D eigenvalue weighted by molar-refractivity contribution is 5.97. The second-order valence-electron chi connectivity index (χ2n) is 5.40. The monoisotopic (exact) mass is 314 g/mol. The Morgan fingerprint density at radius 2 is 2.00 bits per heavy atom. The third-order valence-electron chi connectivity index (χ3n) is 3.37. The van der Waals surface area contributed by atoms with Crippen molar-refractivity contribution in [1.82, 2.24) is 20.4 Å². The van der Waals surface area contributed by atoms with Crippen molar-refractivity contribution < 1.29 is 9.59 Å². The minimum atomic E-state index is -0.577. The maximum absolute atomic E-state index is 12.2. The van der Waals surface area contributed by atoms with Crippen LogP contribution in [0, 0.1) is 0 Å². The molecule has 1 heterocycles.